The van der Waals surface area contributed by atoms with Crippen molar-refractivity contribution in [2.24, 2.45) is 0 Å². The number of benzene rings is 2. The summed E-state index contributed by atoms with van der Waals surface area (Å²) in [6.07, 6.45) is 5.31. The molecule has 1 heterocycles. The lowest BCUT2D eigenvalue weighted by Gasteiger charge is -2.22. The van der Waals surface area contributed by atoms with Crippen LogP contribution in [0.1, 0.15) is 37.7 Å². The van der Waals surface area contributed by atoms with Gasteiger partial charge in [-0.25, -0.2) is 0 Å². The molecule has 3 aromatic rings. The van der Waals surface area contributed by atoms with E-state index in [9.17, 15) is 9.59 Å². The van der Waals surface area contributed by atoms with Crippen LogP contribution in [0.4, 0.5) is 0 Å². The smallest absolute Gasteiger partial charge is 0.258 e. The van der Waals surface area contributed by atoms with Crippen molar-refractivity contribution in [2.45, 2.75) is 45.1 Å². The van der Waals surface area contributed by atoms with Crippen LogP contribution in [-0.2, 0) is 4.79 Å². The van der Waals surface area contributed by atoms with Gasteiger partial charge in [0.25, 0.3) is 5.91 Å². The Morgan fingerprint density at radius 1 is 1.09 bits per heavy atom. The molecule has 2 aromatic carbocycles. The number of rotatable bonds is 7. The van der Waals surface area contributed by atoms with Crippen LogP contribution in [0.25, 0.3) is 22.3 Å². The monoisotopic (exact) mass is 485 g/mol. The van der Waals surface area contributed by atoms with Gasteiger partial charge in [0.2, 0.25) is 11.2 Å². The van der Waals surface area contributed by atoms with Crippen molar-refractivity contribution in [1.82, 2.24) is 5.32 Å². The molecule has 0 aliphatic heterocycles. The predicted octanol–water partition coefficient (Wildman–Crippen LogP) is 5.27. The van der Waals surface area contributed by atoms with Crippen LogP contribution >= 0.6 is 11.6 Å². The topological polar surface area (TPSA) is 87.0 Å². The highest BCUT2D eigenvalue weighted by molar-refractivity contribution is 6.32. The molecule has 4 rings (SSSR count). The molecule has 8 heteroatoms. The zero-order valence-electron chi connectivity index (χ0n) is 19.5. The van der Waals surface area contributed by atoms with E-state index in [-0.39, 0.29) is 35.5 Å². The zero-order chi connectivity index (χ0) is 24.2. The van der Waals surface area contributed by atoms with E-state index in [1.165, 1.54) is 13.5 Å². The van der Waals surface area contributed by atoms with Crippen LogP contribution in [-0.4, -0.2) is 32.8 Å². The fourth-order valence-corrected chi connectivity index (χ4v) is 4.41. The fourth-order valence-electron chi connectivity index (χ4n) is 4.25. The van der Waals surface area contributed by atoms with Crippen LogP contribution in [0.15, 0.2) is 39.5 Å². The van der Waals surface area contributed by atoms with Gasteiger partial charge >= 0.3 is 0 Å². The van der Waals surface area contributed by atoms with Crippen molar-refractivity contribution < 1.29 is 23.4 Å². The molecule has 0 spiro atoms. The molecule has 1 saturated carbocycles. The summed E-state index contributed by atoms with van der Waals surface area (Å²) in [7, 11) is 3.07. The number of carbonyl (C=O) groups excluding carboxylic acids is 1. The van der Waals surface area contributed by atoms with Gasteiger partial charge in [0.05, 0.1) is 19.6 Å². The molecule has 0 radical (unpaired) electrons. The normalized spacial score (nSPS) is 14.1. The number of methoxy groups -OCH3 is 2. The third kappa shape index (κ3) is 4.99. The molecule has 1 aliphatic rings. The quantitative estimate of drug-likeness (QED) is 0.490. The van der Waals surface area contributed by atoms with E-state index < -0.39 is 5.43 Å². The third-order valence-electron chi connectivity index (χ3n) is 6.09. The number of carbonyl (C=O) groups is 1. The highest BCUT2D eigenvalue weighted by Gasteiger charge is 2.22. The zero-order valence-corrected chi connectivity index (χ0v) is 20.3. The predicted molar refractivity (Wildman–Crippen MR) is 131 cm³/mol. The first-order valence-electron chi connectivity index (χ1n) is 11.3. The molecule has 1 N–H and O–H groups in total. The van der Waals surface area contributed by atoms with E-state index in [0.29, 0.717) is 27.7 Å². The minimum Gasteiger partial charge on any atom is -0.493 e. The first-order chi connectivity index (χ1) is 16.4. The Morgan fingerprint density at radius 2 is 1.82 bits per heavy atom. The molecular formula is C26H28ClNO6. The summed E-state index contributed by atoms with van der Waals surface area (Å²) < 4.78 is 22.7. The Hall–Kier alpha value is -3.19. The number of halogens is 1. The Bertz CT molecular complexity index is 1260. The standard InChI is InChI=1S/C26H28ClNO6/c1-15-11-21-18(13-19(15)27)24(30)26(33-14-23(29)28-17-7-5-4-6-8-17)25(34-21)16-9-10-20(31-2)22(12-16)32-3/h9-13,17H,4-8,14H2,1-3H3,(H,28,29). The second-order valence-corrected chi connectivity index (χ2v) is 8.86. The molecule has 0 saturated heterocycles. The summed E-state index contributed by atoms with van der Waals surface area (Å²) in [5, 5.41) is 3.72. The van der Waals surface area contributed by atoms with Gasteiger partial charge < -0.3 is 23.9 Å². The van der Waals surface area contributed by atoms with E-state index >= 15 is 0 Å². The first kappa shape index (κ1) is 24.0. The largest absolute Gasteiger partial charge is 0.493 e. The highest BCUT2D eigenvalue weighted by Crippen LogP contribution is 2.37. The SMILES string of the molecule is COc1ccc(-c2oc3cc(C)c(Cl)cc3c(=O)c2OCC(=O)NC2CCCCC2)cc1OC. The van der Waals surface area contributed by atoms with Crippen molar-refractivity contribution >= 4 is 28.5 Å². The number of aryl methyl sites for hydroxylation is 1. The maximum atomic E-state index is 13.4. The van der Waals surface area contributed by atoms with Gasteiger partial charge in [-0.15, -0.1) is 0 Å². The molecule has 1 fully saturated rings. The molecule has 180 valence electrons. The van der Waals surface area contributed by atoms with E-state index in [1.807, 2.05) is 6.92 Å². The van der Waals surface area contributed by atoms with Gasteiger partial charge in [0.1, 0.15) is 5.58 Å². The molecule has 0 unspecified atom stereocenters. The van der Waals surface area contributed by atoms with Gasteiger partial charge in [-0.3, -0.25) is 9.59 Å². The van der Waals surface area contributed by atoms with Gasteiger partial charge in [-0.2, -0.15) is 0 Å². The molecular weight excluding hydrogens is 458 g/mol. The second kappa shape index (κ2) is 10.4. The van der Waals surface area contributed by atoms with Crippen LogP contribution in [0.2, 0.25) is 5.02 Å². The molecule has 7 nitrogen and oxygen atoms in total. The average Bonchev–Trinajstić information content (AvgIpc) is 2.84. The molecule has 1 amide bonds. The molecule has 0 bridgehead atoms. The van der Waals surface area contributed by atoms with E-state index in [1.54, 1.807) is 37.4 Å². The third-order valence-corrected chi connectivity index (χ3v) is 6.50. The lowest BCUT2D eigenvalue weighted by atomic mass is 9.95. The number of hydrogen-bond acceptors (Lipinski definition) is 6. The first-order valence-corrected chi connectivity index (χ1v) is 11.7. The summed E-state index contributed by atoms with van der Waals surface area (Å²) in [5.41, 5.74) is 1.29. The van der Waals surface area contributed by atoms with E-state index in [4.69, 9.17) is 30.2 Å². The van der Waals surface area contributed by atoms with Gasteiger partial charge in [-0.05, 0) is 55.7 Å². The second-order valence-electron chi connectivity index (χ2n) is 8.45. The number of ether oxygens (including phenoxy) is 3. The van der Waals surface area contributed by atoms with Gasteiger partial charge in [0.15, 0.2) is 23.9 Å². The Morgan fingerprint density at radius 3 is 2.53 bits per heavy atom. The maximum Gasteiger partial charge on any atom is 0.258 e. The van der Waals surface area contributed by atoms with Crippen LogP contribution in [0.3, 0.4) is 0 Å². The highest BCUT2D eigenvalue weighted by atomic mass is 35.5. The number of nitrogens with one attached hydrogen (secondary N) is 1. The molecule has 1 aromatic heterocycles. The maximum absolute atomic E-state index is 13.4. The molecule has 0 atom stereocenters. The van der Waals surface area contributed by atoms with Crippen LogP contribution in [0.5, 0.6) is 17.2 Å². The minimum absolute atomic E-state index is 0.0570. The summed E-state index contributed by atoms with van der Waals surface area (Å²) in [5.74, 6) is 0.873. The number of hydrogen-bond donors (Lipinski definition) is 1. The van der Waals surface area contributed by atoms with Crippen LogP contribution < -0.4 is 25.0 Å². The Balaban J connectivity index is 1.74. The number of amides is 1. The number of fused-ring (bicyclic) bond motifs is 1. The van der Waals surface area contributed by atoms with Gasteiger partial charge in [-0.1, -0.05) is 30.9 Å². The lowest BCUT2D eigenvalue weighted by Crippen LogP contribution is -2.39. The average molecular weight is 486 g/mol. The van der Waals surface area contributed by atoms with Crippen molar-refractivity contribution in [1.29, 1.82) is 0 Å². The van der Waals surface area contributed by atoms with Gasteiger partial charge in [0, 0.05) is 16.6 Å². The lowest BCUT2D eigenvalue weighted by molar-refractivity contribution is -0.124. The minimum atomic E-state index is -0.404. The van der Waals surface area contributed by atoms with Crippen molar-refractivity contribution in [2.75, 3.05) is 20.8 Å². The Kier molecular flexibility index (Phi) is 7.32. The summed E-state index contributed by atoms with van der Waals surface area (Å²) >= 11 is 6.26. The summed E-state index contributed by atoms with van der Waals surface area (Å²) in [6, 6.07) is 8.56. The van der Waals surface area contributed by atoms with E-state index in [2.05, 4.69) is 5.32 Å². The van der Waals surface area contributed by atoms with Crippen molar-refractivity contribution in [3.63, 3.8) is 0 Å². The summed E-state index contributed by atoms with van der Waals surface area (Å²) in [4.78, 5) is 26.0. The summed E-state index contributed by atoms with van der Waals surface area (Å²) in [6.45, 7) is 1.53. The fraction of sp³-hybridized carbons (Fsp3) is 0.385. The Labute approximate surface area is 203 Å². The molecule has 34 heavy (non-hydrogen) atoms. The van der Waals surface area contributed by atoms with Crippen molar-refractivity contribution in [3.05, 3.63) is 51.1 Å². The van der Waals surface area contributed by atoms with E-state index in [0.717, 1.165) is 31.2 Å². The van der Waals surface area contributed by atoms with Crippen molar-refractivity contribution in [3.8, 4) is 28.6 Å². The molecule has 1 aliphatic carbocycles. The van der Waals surface area contributed by atoms with Crippen LogP contribution in [0, 0.1) is 6.92 Å².